The average molecular weight is 361 g/mol. The number of benzene rings is 1. The minimum atomic E-state index is -0.439. The van der Waals surface area contributed by atoms with Crippen LogP contribution in [-0.2, 0) is 11.2 Å². The molecule has 0 bridgehead atoms. The van der Waals surface area contributed by atoms with Crippen LogP contribution in [0.3, 0.4) is 0 Å². The van der Waals surface area contributed by atoms with Crippen LogP contribution in [0.4, 0.5) is 10.5 Å². The molecule has 2 N–H and O–H groups in total. The van der Waals surface area contributed by atoms with Crippen LogP contribution < -0.4 is 10.6 Å². The number of nitrogens with one attached hydrogen (secondary N) is 2. The van der Waals surface area contributed by atoms with Crippen LogP contribution >= 0.6 is 0 Å². The largest absolute Gasteiger partial charge is 0.444 e. The van der Waals surface area contributed by atoms with E-state index < -0.39 is 5.60 Å². The van der Waals surface area contributed by atoms with E-state index in [1.165, 1.54) is 36.9 Å². The van der Waals surface area contributed by atoms with Crippen molar-refractivity contribution in [3.8, 4) is 0 Å². The molecule has 4 nitrogen and oxygen atoms in total. The molecule has 0 radical (unpaired) electrons. The highest BCUT2D eigenvalue weighted by Crippen LogP contribution is 2.23. The van der Waals surface area contributed by atoms with Crippen molar-refractivity contribution in [1.82, 2.24) is 5.32 Å². The number of amides is 1. The number of ether oxygens (including phenoxy) is 1. The van der Waals surface area contributed by atoms with Crippen LogP contribution in [0.1, 0.15) is 78.2 Å². The molecule has 2 rings (SSSR count). The predicted octanol–water partition coefficient (Wildman–Crippen LogP) is 5.67. The van der Waals surface area contributed by atoms with Gasteiger partial charge in [0.05, 0.1) is 0 Å². The van der Waals surface area contributed by atoms with Crippen molar-refractivity contribution in [3.63, 3.8) is 0 Å². The van der Waals surface area contributed by atoms with Crippen molar-refractivity contribution >= 4 is 11.8 Å². The van der Waals surface area contributed by atoms with Crippen LogP contribution in [0.25, 0.3) is 0 Å². The van der Waals surface area contributed by atoms with Gasteiger partial charge < -0.3 is 15.4 Å². The van der Waals surface area contributed by atoms with E-state index in [4.69, 9.17) is 4.74 Å². The summed E-state index contributed by atoms with van der Waals surface area (Å²) in [6.07, 6.45) is 8.85. The van der Waals surface area contributed by atoms with Crippen molar-refractivity contribution < 1.29 is 9.53 Å². The zero-order valence-corrected chi connectivity index (χ0v) is 16.9. The number of aryl methyl sites for hydroxylation is 1. The van der Waals surface area contributed by atoms with E-state index in [1.54, 1.807) is 0 Å². The topological polar surface area (TPSA) is 50.4 Å². The van der Waals surface area contributed by atoms with E-state index in [1.807, 2.05) is 20.8 Å². The molecule has 1 fully saturated rings. The molecule has 0 saturated heterocycles. The zero-order valence-electron chi connectivity index (χ0n) is 16.9. The Bertz CT molecular complexity index is 540. The standard InChI is InChI=1S/C22H36N2O2/c1-5-6-7-8-17-9-11-18(12-10-17)23-19-13-15-20(16-14-19)24-21(25)26-22(2,3)4/h9-12,19-20,23H,5-8,13-16H2,1-4H3,(H,24,25). The van der Waals surface area contributed by atoms with E-state index in [-0.39, 0.29) is 12.1 Å². The van der Waals surface area contributed by atoms with Gasteiger partial charge in [-0.05, 0) is 77.0 Å². The summed E-state index contributed by atoms with van der Waals surface area (Å²) in [5.41, 5.74) is 2.19. The van der Waals surface area contributed by atoms with Crippen molar-refractivity contribution in [3.05, 3.63) is 29.8 Å². The first kappa shape index (κ1) is 20.6. The second-order valence-electron chi connectivity index (χ2n) is 8.49. The van der Waals surface area contributed by atoms with Gasteiger partial charge in [0, 0.05) is 17.8 Å². The SMILES string of the molecule is CCCCCc1ccc(NC2CCC(NC(=O)OC(C)(C)C)CC2)cc1. The fourth-order valence-corrected chi connectivity index (χ4v) is 3.44. The molecule has 1 aromatic carbocycles. The van der Waals surface area contributed by atoms with Crippen LogP contribution in [0, 0.1) is 0 Å². The average Bonchev–Trinajstić information content (AvgIpc) is 2.57. The van der Waals surface area contributed by atoms with Crippen molar-refractivity contribution in [1.29, 1.82) is 0 Å². The number of carbonyl (C=O) groups excluding carboxylic acids is 1. The van der Waals surface area contributed by atoms with Crippen molar-refractivity contribution in [2.75, 3.05) is 5.32 Å². The van der Waals surface area contributed by atoms with Gasteiger partial charge in [0.25, 0.3) is 0 Å². The van der Waals surface area contributed by atoms with Gasteiger partial charge >= 0.3 is 6.09 Å². The minimum absolute atomic E-state index is 0.226. The number of unbranched alkanes of at least 4 members (excludes halogenated alkanes) is 2. The van der Waals surface area contributed by atoms with E-state index >= 15 is 0 Å². The summed E-state index contributed by atoms with van der Waals surface area (Å²) in [4.78, 5) is 11.9. The first-order valence-electron chi connectivity index (χ1n) is 10.2. The fourth-order valence-electron chi connectivity index (χ4n) is 3.44. The first-order valence-corrected chi connectivity index (χ1v) is 10.2. The minimum Gasteiger partial charge on any atom is -0.444 e. The molecular weight excluding hydrogens is 324 g/mol. The fraction of sp³-hybridized carbons (Fsp3) is 0.682. The summed E-state index contributed by atoms with van der Waals surface area (Å²) in [7, 11) is 0. The molecule has 26 heavy (non-hydrogen) atoms. The molecule has 0 aliphatic heterocycles. The Kier molecular flexibility index (Phi) is 7.80. The molecule has 1 amide bonds. The lowest BCUT2D eigenvalue weighted by molar-refractivity contribution is 0.0492. The maximum Gasteiger partial charge on any atom is 0.407 e. The second kappa shape index (κ2) is 9.84. The summed E-state index contributed by atoms with van der Waals surface area (Å²) in [6.45, 7) is 7.91. The van der Waals surface area contributed by atoms with Crippen LogP contribution in [-0.4, -0.2) is 23.8 Å². The predicted molar refractivity (Wildman–Crippen MR) is 109 cm³/mol. The molecule has 0 heterocycles. The third-order valence-electron chi connectivity index (χ3n) is 4.84. The number of hydrogen-bond acceptors (Lipinski definition) is 3. The van der Waals surface area contributed by atoms with E-state index in [0.29, 0.717) is 6.04 Å². The summed E-state index contributed by atoms with van der Waals surface area (Å²) >= 11 is 0. The van der Waals surface area contributed by atoms with Crippen molar-refractivity contribution in [2.45, 2.75) is 96.7 Å². The zero-order chi connectivity index (χ0) is 19.0. The highest BCUT2D eigenvalue weighted by atomic mass is 16.6. The highest BCUT2D eigenvalue weighted by molar-refractivity contribution is 5.68. The molecule has 0 unspecified atom stereocenters. The molecular formula is C22H36N2O2. The van der Waals surface area contributed by atoms with E-state index in [0.717, 1.165) is 25.7 Å². The molecule has 0 spiro atoms. The molecule has 4 heteroatoms. The molecule has 1 aromatic rings. The monoisotopic (exact) mass is 360 g/mol. The van der Waals surface area contributed by atoms with Gasteiger partial charge in [0.1, 0.15) is 5.60 Å². The quantitative estimate of drug-likeness (QED) is 0.616. The maximum absolute atomic E-state index is 11.9. The Morgan fingerprint density at radius 2 is 1.65 bits per heavy atom. The number of carbonyl (C=O) groups is 1. The smallest absolute Gasteiger partial charge is 0.407 e. The number of hydrogen-bond donors (Lipinski definition) is 2. The highest BCUT2D eigenvalue weighted by Gasteiger charge is 2.24. The third-order valence-corrected chi connectivity index (χ3v) is 4.84. The summed E-state index contributed by atoms with van der Waals surface area (Å²) < 4.78 is 5.34. The van der Waals surface area contributed by atoms with Crippen LogP contribution in [0.15, 0.2) is 24.3 Å². The van der Waals surface area contributed by atoms with Crippen molar-refractivity contribution in [2.24, 2.45) is 0 Å². The van der Waals surface area contributed by atoms with Gasteiger partial charge in [-0.2, -0.15) is 0 Å². The number of rotatable bonds is 7. The molecule has 1 aliphatic rings. The van der Waals surface area contributed by atoms with Crippen LogP contribution in [0.5, 0.6) is 0 Å². The van der Waals surface area contributed by atoms with Gasteiger partial charge in [-0.1, -0.05) is 31.9 Å². The summed E-state index contributed by atoms with van der Waals surface area (Å²) in [6, 6.07) is 9.60. The van der Waals surface area contributed by atoms with Gasteiger partial charge in [0.2, 0.25) is 0 Å². The summed E-state index contributed by atoms with van der Waals surface area (Å²) in [5, 5.41) is 6.65. The molecule has 0 atom stereocenters. The Labute approximate surface area is 159 Å². The maximum atomic E-state index is 11.9. The molecule has 1 aliphatic carbocycles. The van der Waals surface area contributed by atoms with Gasteiger partial charge in [-0.25, -0.2) is 4.79 Å². The number of anilines is 1. The van der Waals surface area contributed by atoms with Gasteiger partial charge in [0.15, 0.2) is 0 Å². The number of alkyl carbamates (subject to hydrolysis) is 1. The Balaban J connectivity index is 1.70. The lowest BCUT2D eigenvalue weighted by Gasteiger charge is -2.31. The normalized spacial score (nSPS) is 20.5. The first-order chi connectivity index (χ1) is 12.4. The van der Waals surface area contributed by atoms with Gasteiger partial charge in [-0.15, -0.1) is 0 Å². The van der Waals surface area contributed by atoms with Gasteiger partial charge in [-0.3, -0.25) is 0 Å². The molecule has 146 valence electrons. The van der Waals surface area contributed by atoms with E-state index in [9.17, 15) is 4.79 Å². The summed E-state index contributed by atoms with van der Waals surface area (Å²) in [5.74, 6) is 0. The lowest BCUT2D eigenvalue weighted by atomic mass is 9.91. The third kappa shape index (κ3) is 7.67. The molecule has 1 saturated carbocycles. The Morgan fingerprint density at radius 1 is 1.04 bits per heavy atom. The second-order valence-corrected chi connectivity index (χ2v) is 8.49. The molecule has 0 aromatic heterocycles. The Hall–Kier alpha value is -1.71. The van der Waals surface area contributed by atoms with Crippen LogP contribution in [0.2, 0.25) is 0 Å². The Morgan fingerprint density at radius 3 is 2.23 bits per heavy atom. The van der Waals surface area contributed by atoms with E-state index in [2.05, 4.69) is 41.8 Å². The lowest BCUT2D eigenvalue weighted by Crippen LogP contribution is -2.42.